The average Bonchev–Trinajstić information content (AvgIpc) is 3.13. The number of halogens is 1. The van der Waals surface area contributed by atoms with Crippen LogP contribution in [0.3, 0.4) is 0 Å². The van der Waals surface area contributed by atoms with Gasteiger partial charge in [0.1, 0.15) is 0 Å². The Morgan fingerprint density at radius 2 is 1.95 bits per heavy atom. The summed E-state index contributed by atoms with van der Waals surface area (Å²) in [4.78, 5) is 12.3. The number of hydrogen-bond donors (Lipinski definition) is 2. The maximum Gasteiger partial charge on any atom is 0.224 e. The highest BCUT2D eigenvalue weighted by Crippen LogP contribution is 2.48. The van der Waals surface area contributed by atoms with Crippen LogP contribution in [-0.4, -0.2) is 23.2 Å². The average molecular weight is 294 g/mol. The molecule has 0 saturated heterocycles. The van der Waals surface area contributed by atoms with Crippen LogP contribution in [0.4, 0.5) is 0 Å². The number of nitrogens with one attached hydrogen (secondary N) is 1. The summed E-state index contributed by atoms with van der Waals surface area (Å²) >= 11 is 5.88. The summed E-state index contributed by atoms with van der Waals surface area (Å²) in [6.45, 7) is 0.0527. The van der Waals surface area contributed by atoms with Gasteiger partial charge >= 0.3 is 0 Å². The third-order valence-electron chi connectivity index (χ3n) is 4.68. The van der Waals surface area contributed by atoms with Gasteiger partial charge in [-0.3, -0.25) is 4.79 Å². The zero-order valence-corrected chi connectivity index (χ0v) is 12.2. The SMILES string of the molecule is O=C(NC1(CO)CCCC1)[C@@H]1C[C@@H]1c1ccc(Cl)cc1. The van der Waals surface area contributed by atoms with Crippen LogP contribution < -0.4 is 5.32 Å². The molecule has 2 fully saturated rings. The van der Waals surface area contributed by atoms with Gasteiger partial charge in [0.2, 0.25) is 5.91 Å². The first kappa shape index (κ1) is 13.9. The highest BCUT2D eigenvalue weighted by molar-refractivity contribution is 6.30. The number of carbonyl (C=O) groups is 1. The second-order valence-electron chi connectivity index (χ2n) is 6.14. The topological polar surface area (TPSA) is 49.3 Å². The van der Waals surface area contributed by atoms with E-state index in [0.29, 0.717) is 5.92 Å². The van der Waals surface area contributed by atoms with Crippen molar-refractivity contribution < 1.29 is 9.90 Å². The van der Waals surface area contributed by atoms with Crippen molar-refractivity contribution in [2.45, 2.75) is 43.6 Å². The van der Waals surface area contributed by atoms with Crippen LogP contribution in [-0.2, 0) is 4.79 Å². The number of aliphatic hydroxyl groups excluding tert-OH is 1. The molecule has 1 amide bonds. The summed E-state index contributed by atoms with van der Waals surface area (Å²) in [6.07, 6.45) is 4.87. The molecule has 0 spiro atoms. The summed E-state index contributed by atoms with van der Waals surface area (Å²) in [6, 6.07) is 7.74. The van der Waals surface area contributed by atoms with Gasteiger partial charge in [-0.15, -0.1) is 0 Å². The smallest absolute Gasteiger partial charge is 0.224 e. The largest absolute Gasteiger partial charge is 0.394 e. The molecule has 1 aromatic carbocycles. The number of aliphatic hydroxyl groups is 1. The molecule has 20 heavy (non-hydrogen) atoms. The molecule has 2 aliphatic carbocycles. The number of amides is 1. The van der Waals surface area contributed by atoms with Gasteiger partial charge in [0.05, 0.1) is 12.1 Å². The maximum atomic E-state index is 12.3. The molecule has 4 heteroatoms. The van der Waals surface area contributed by atoms with Gasteiger partial charge < -0.3 is 10.4 Å². The Morgan fingerprint density at radius 1 is 1.30 bits per heavy atom. The first-order valence-corrected chi connectivity index (χ1v) is 7.70. The maximum absolute atomic E-state index is 12.3. The molecule has 0 heterocycles. The molecule has 0 bridgehead atoms. The minimum absolute atomic E-state index is 0.0527. The second kappa shape index (κ2) is 5.38. The van der Waals surface area contributed by atoms with E-state index < -0.39 is 0 Å². The Morgan fingerprint density at radius 3 is 2.55 bits per heavy atom. The van der Waals surface area contributed by atoms with E-state index >= 15 is 0 Å². The molecular formula is C16H20ClNO2. The van der Waals surface area contributed by atoms with Gasteiger partial charge in [0, 0.05) is 10.9 Å². The Bertz CT molecular complexity index is 494. The summed E-state index contributed by atoms with van der Waals surface area (Å²) < 4.78 is 0. The van der Waals surface area contributed by atoms with E-state index in [4.69, 9.17) is 11.6 Å². The number of benzene rings is 1. The first-order chi connectivity index (χ1) is 9.63. The van der Waals surface area contributed by atoms with Crippen LogP contribution in [0, 0.1) is 5.92 Å². The minimum Gasteiger partial charge on any atom is -0.394 e. The van der Waals surface area contributed by atoms with Gasteiger partial charge in [0.25, 0.3) is 0 Å². The predicted molar refractivity (Wildman–Crippen MR) is 78.7 cm³/mol. The molecule has 0 radical (unpaired) electrons. The first-order valence-electron chi connectivity index (χ1n) is 7.32. The highest BCUT2D eigenvalue weighted by Gasteiger charge is 2.46. The predicted octanol–water partition coefficient (Wildman–Crippen LogP) is 2.86. The van der Waals surface area contributed by atoms with Crippen LogP contribution in [0.1, 0.15) is 43.6 Å². The lowest BCUT2D eigenvalue weighted by molar-refractivity contribution is -0.124. The standard InChI is InChI=1S/C16H20ClNO2/c17-12-5-3-11(4-6-12)13-9-14(13)15(20)18-16(10-19)7-1-2-8-16/h3-6,13-14,19H,1-2,7-10H2,(H,18,20)/t13-,14-/m1/s1. The molecule has 0 aliphatic heterocycles. The van der Waals surface area contributed by atoms with Crippen molar-refractivity contribution >= 4 is 17.5 Å². The van der Waals surface area contributed by atoms with Crippen LogP contribution in [0.5, 0.6) is 0 Å². The number of rotatable bonds is 4. The van der Waals surface area contributed by atoms with E-state index in [9.17, 15) is 9.90 Å². The van der Waals surface area contributed by atoms with Gasteiger partial charge in [-0.05, 0) is 42.9 Å². The van der Waals surface area contributed by atoms with Crippen molar-refractivity contribution in [3.63, 3.8) is 0 Å². The highest BCUT2D eigenvalue weighted by atomic mass is 35.5. The second-order valence-corrected chi connectivity index (χ2v) is 6.57. The molecule has 0 aromatic heterocycles. The lowest BCUT2D eigenvalue weighted by Crippen LogP contribution is -2.49. The fourth-order valence-electron chi connectivity index (χ4n) is 3.29. The van der Waals surface area contributed by atoms with E-state index in [0.717, 1.165) is 37.1 Å². The molecule has 2 aliphatic rings. The number of carbonyl (C=O) groups excluding carboxylic acids is 1. The minimum atomic E-state index is -0.357. The molecule has 2 N–H and O–H groups in total. The van der Waals surface area contributed by atoms with E-state index in [1.807, 2.05) is 24.3 Å². The van der Waals surface area contributed by atoms with Crippen molar-refractivity contribution in [1.29, 1.82) is 0 Å². The van der Waals surface area contributed by atoms with Crippen LogP contribution in [0.15, 0.2) is 24.3 Å². The molecule has 2 saturated carbocycles. The van der Waals surface area contributed by atoms with Crippen LogP contribution in [0.2, 0.25) is 5.02 Å². The summed E-state index contributed by atoms with van der Waals surface area (Å²) in [5.74, 6) is 0.463. The van der Waals surface area contributed by atoms with E-state index in [1.165, 1.54) is 5.56 Å². The van der Waals surface area contributed by atoms with Gasteiger partial charge in [-0.1, -0.05) is 36.6 Å². The zero-order chi connectivity index (χ0) is 14.2. The quantitative estimate of drug-likeness (QED) is 0.897. The molecule has 3 rings (SSSR count). The summed E-state index contributed by atoms with van der Waals surface area (Å²) in [5.41, 5.74) is 0.823. The van der Waals surface area contributed by atoms with Crippen molar-refractivity contribution in [3.05, 3.63) is 34.9 Å². The third-order valence-corrected chi connectivity index (χ3v) is 4.93. The normalized spacial score (nSPS) is 27.3. The van der Waals surface area contributed by atoms with Crippen molar-refractivity contribution in [1.82, 2.24) is 5.32 Å². The lowest BCUT2D eigenvalue weighted by atomic mass is 9.98. The summed E-state index contributed by atoms with van der Waals surface area (Å²) in [5, 5.41) is 13.4. The monoisotopic (exact) mass is 293 g/mol. The van der Waals surface area contributed by atoms with E-state index in [1.54, 1.807) is 0 Å². The van der Waals surface area contributed by atoms with Crippen LogP contribution >= 0.6 is 11.6 Å². The molecule has 3 nitrogen and oxygen atoms in total. The van der Waals surface area contributed by atoms with Gasteiger partial charge in [-0.2, -0.15) is 0 Å². The van der Waals surface area contributed by atoms with Gasteiger partial charge in [0.15, 0.2) is 0 Å². The Balaban J connectivity index is 1.61. The molecule has 1 aromatic rings. The Labute approximate surface area is 124 Å². The van der Waals surface area contributed by atoms with Crippen molar-refractivity contribution in [2.75, 3.05) is 6.61 Å². The third kappa shape index (κ3) is 2.70. The number of hydrogen-bond acceptors (Lipinski definition) is 2. The molecule has 0 unspecified atom stereocenters. The van der Waals surface area contributed by atoms with E-state index in [2.05, 4.69) is 5.32 Å². The molecule has 108 valence electrons. The van der Waals surface area contributed by atoms with Gasteiger partial charge in [-0.25, -0.2) is 0 Å². The molecular weight excluding hydrogens is 274 g/mol. The van der Waals surface area contributed by atoms with Crippen molar-refractivity contribution in [2.24, 2.45) is 5.92 Å². The molecule has 2 atom stereocenters. The fourth-order valence-corrected chi connectivity index (χ4v) is 3.42. The zero-order valence-electron chi connectivity index (χ0n) is 11.4. The van der Waals surface area contributed by atoms with E-state index in [-0.39, 0.29) is 24.0 Å². The van der Waals surface area contributed by atoms with Crippen LogP contribution in [0.25, 0.3) is 0 Å². The van der Waals surface area contributed by atoms with Crippen molar-refractivity contribution in [3.8, 4) is 0 Å². The lowest BCUT2D eigenvalue weighted by Gasteiger charge is -2.28. The fraction of sp³-hybridized carbons (Fsp3) is 0.562. The Hall–Kier alpha value is -1.06. The summed E-state index contributed by atoms with van der Waals surface area (Å²) in [7, 11) is 0. The Kier molecular flexibility index (Phi) is 3.74.